The molecule has 8 nitrogen and oxygen atoms in total. The molecule has 30 heavy (non-hydrogen) atoms. The first kappa shape index (κ1) is 21.5. The van der Waals surface area contributed by atoms with Crippen LogP contribution in [0.5, 0.6) is 5.75 Å². The van der Waals surface area contributed by atoms with Gasteiger partial charge in [-0.1, -0.05) is 13.0 Å². The molecule has 0 radical (unpaired) electrons. The monoisotopic (exact) mass is 425 g/mol. The van der Waals surface area contributed by atoms with Crippen molar-refractivity contribution < 1.29 is 14.1 Å². The molecule has 0 aliphatic heterocycles. The summed E-state index contributed by atoms with van der Waals surface area (Å²) in [6.07, 6.45) is 1.82. The SMILES string of the molecule is CCC(=O)c1cnc(N)cc1Nc1cccc(-c2ccc(P(C)(C)=O)nn2)c1OC. The largest absolute Gasteiger partial charge is 0.494 e. The Balaban J connectivity index is 2.04. The number of aromatic nitrogens is 3. The molecule has 156 valence electrons. The molecule has 0 atom stereocenters. The number of Topliss-reactive ketones (excluding diaryl/α,β-unsaturated/α-hetero) is 1. The van der Waals surface area contributed by atoms with Gasteiger partial charge in [-0.2, -0.15) is 0 Å². The van der Waals surface area contributed by atoms with Crippen LogP contribution in [-0.4, -0.2) is 41.4 Å². The maximum absolute atomic E-state index is 12.3. The summed E-state index contributed by atoms with van der Waals surface area (Å²) in [5.74, 6) is 0.774. The Morgan fingerprint density at radius 1 is 1.17 bits per heavy atom. The van der Waals surface area contributed by atoms with Crippen molar-refractivity contribution in [3.05, 3.63) is 48.2 Å². The summed E-state index contributed by atoms with van der Waals surface area (Å²) in [5, 5.41) is 11.6. The van der Waals surface area contributed by atoms with Gasteiger partial charge in [-0.25, -0.2) is 4.98 Å². The molecule has 0 saturated carbocycles. The molecule has 2 aromatic heterocycles. The predicted molar refractivity (Wildman–Crippen MR) is 120 cm³/mol. The number of rotatable bonds is 7. The third-order valence-electron chi connectivity index (χ3n) is 4.51. The molecule has 0 bridgehead atoms. The van der Waals surface area contributed by atoms with Gasteiger partial charge in [0.15, 0.2) is 11.5 Å². The number of benzene rings is 1. The first-order valence-electron chi connectivity index (χ1n) is 9.37. The summed E-state index contributed by atoms with van der Waals surface area (Å²) in [6.45, 7) is 5.09. The second kappa shape index (κ2) is 8.63. The molecule has 0 amide bonds. The molecule has 0 spiro atoms. The number of methoxy groups -OCH3 is 1. The van der Waals surface area contributed by atoms with E-state index < -0.39 is 7.14 Å². The fourth-order valence-electron chi connectivity index (χ4n) is 2.95. The highest BCUT2D eigenvalue weighted by molar-refractivity contribution is 7.69. The highest BCUT2D eigenvalue weighted by Gasteiger charge is 2.18. The molecule has 0 fully saturated rings. The van der Waals surface area contributed by atoms with Crippen LogP contribution in [0.25, 0.3) is 11.3 Å². The number of pyridine rings is 1. The summed E-state index contributed by atoms with van der Waals surface area (Å²) in [4.78, 5) is 16.3. The van der Waals surface area contributed by atoms with E-state index in [9.17, 15) is 9.36 Å². The number of carbonyl (C=O) groups is 1. The fourth-order valence-corrected chi connectivity index (χ4v) is 3.64. The Morgan fingerprint density at radius 2 is 1.93 bits per heavy atom. The van der Waals surface area contributed by atoms with Gasteiger partial charge >= 0.3 is 0 Å². The standard InChI is InChI=1S/C21H24N5O3P/c1-5-18(27)14-12-23-19(22)11-17(14)24-16-8-6-7-13(21(16)29-2)15-9-10-20(26-25-15)30(3,4)28/h6-12H,5H2,1-4H3,(H3,22,23,24). The minimum atomic E-state index is -2.49. The molecule has 0 saturated heterocycles. The average molecular weight is 425 g/mol. The van der Waals surface area contributed by atoms with E-state index in [1.54, 1.807) is 45.6 Å². The van der Waals surface area contributed by atoms with Crippen LogP contribution < -0.4 is 21.2 Å². The zero-order valence-corrected chi connectivity index (χ0v) is 18.2. The minimum Gasteiger partial charge on any atom is -0.494 e. The normalized spacial score (nSPS) is 11.2. The lowest BCUT2D eigenvalue weighted by Crippen LogP contribution is -2.10. The molecule has 0 aliphatic carbocycles. The van der Waals surface area contributed by atoms with Gasteiger partial charge in [0.2, 0.25) is 0 Å². The number of nitrogens with two attached hydrogens (primary N) is 1. The van der Waals surface area contributed by atoms with Gasteiger partial charge in [-0.05, 0) is 37.6 Å². The van der Waals surface area contributed by atoms with Crippen LogP contribution in [0.3, 0.4) is 0 Å². The van der Waals surface area contributed by atoms with Crippen molar-refractivity contribution in [2.24, 2.45) is 0 Å². The highest BCUT2D eigenvalue weighted by atomic mass is 31.2. The number of para-hydroxylation sites is 1. The number of ether oxygens (including phenoxy) is 1. The van der Waals surface area contributed by atoms with Crippen molar-refractivity contribution in [3.63, 3.8) is 0 Å². The highest BCUT2D eigenvalue weighted by Crippen LogP contribution is 2.38. The molecule has 0 aliphatic rings. The molecular formula is C21H24N5O3P. The van der Waals surface area contributed by atoms with Crippen LogP contribution in [0.1, 0.15) is 23.7 Å². The van der Waals surface area contributed by atoms with Crippen LogP contribution in [0, 0.1) is 0 Å². The molecule has 2 heterocycles. The number of nitrogens with one attached hydrogen (secondary N) is 1. The maximum Gasteiger partial charge on any atom is 0.166 e. The van der Waals surface area contributed by atoms with Crippen molar-refractivity contribution in [3.8, 4) is 17.0 Å². The van der Waals surface area contributed by atoms with Crippen LogP contribution in [0.2, 0.25) is 0 Å². The molecule has 0 unspecified atom stereocenters. The van der Waals surface area contributed by atoms with Gasteiger partial charge in [0, 0.05) is 24.2 Å². The van der Waals surface area contributed by atoms with E-state index in [1.807, 2.05) is 18.2 Å². The van der Waals surface area contributed by atoms with Gasteiger partial charge in [-0.15, -0.1) is 10.2 Å². The Hall–Kier alpha value is -3.25. The topological polar surface area (TPSA) is 120 Å². The second-order valence-electron chi connectivity index (χ2n) is 7.07. The Morgan fingerprint density at radius 3 is 2.53 bits per heavy atom. The Kier molecular flexibility index (Phi) is 6.17. The van der Waals surface area contributed by atoms with E-state index in [2.05, 4.69) is 20.5 Å². The van der Waals surface area contributed by atoms with E-state index in [4.69, 9.17) is 10.5 Å². The summed E-state index contributed by atoms with van der Waals surface area (Å²) in [7, 11) is -0.941. The van der Waals surface area contributed by atoms with Crippen molar-refractivity contribution in [1.29, 1.82) is 0 Å². The quantitative estimate of drug-likeness (QED) is 0.434. The first-order valence-corrected chi connectivity index (χ1v) is 12.0. The molecule has 3 rings (SSSR count). The Labute approximate surface area is 175 Å². The maximum atomic E-state index is 12.3. The lowest BCUT2D eigenvalue weighted by atomic mass is 10.1. The van der Waals surface area contributed by atoms with E-state index in [-0.39, 0.29) is 5.78 Å². The number of hydrogen-bond acceptors (Lipinski definition) is 8. The number of nitrogens with zero attached hydrogens (tertiary/aromatic N) is 3. The van der Waals surface area contributed by atoms with E-state index in [0.29, 0.717) is 51.6 Å². The lowest BCUT2D eigenvalue weighted by molar-refractivity contribution is 0.0988. The fraction of sp³-hybridized carbons (Fsp3) is 0.238. The third-order valence-corrected chi connectivity index (χ3v) is 5.86. The smallest absolute Gasteiger partial charge is 0.166 e. The van der Waals surface area contributed by atoms with Crippen LogP contribution in [0.15, 0.2) is 42.6 Å². The minimum absolute atomic E-state index is 0.0508. The number of ketones is 1. The van der Waals surface area contributed by atoms with Gasteiger partial charge < -0.3 is 20.4 Å². The lowest BCUT2D eigenvalue weighted by Gasteiger charge is -2.17. The number of hydrogen-bond donors (Lipinski definition) is 2. The Bertz CT molecular complexity index is 1130. The van der Waals surface area contributed by atoms with Gasteiger partial charge in [0.25, 0.3) is 0 Å². The van der Waals surface area contributed by atoms with Gasteiger partial charge in [-0.3, -0.25) is 4.79 Å². The van der Waals surface area contributed by atoms with Crippen molar-refractivity contribution in [2.75, 3.05) is 31.5 Å². The molecule has 3 N–H and O–H groups in total. The first-order chi connectivity index (χ1) is 14.2. The molecule has 3 aromatic rings. The number of nitrogen functional groups attached to an aromatic ring is 1. The van der Waals surface area contributed by atoms with Crippen LogP contribution in [0.4, 0.5) is 17.2 Å². The van der Waals surface area contributed by atoms with Crippen molar-refractivity contribution >= 4 is 35.6 Å². The second-order valence-corrected chi connectivity index (χ2v) is 10.2. The summed E-state index contributed by atoms with van der Waals surface area (Å²) < 4.78 is 17.8. The summed E-state index contributed by atoms with van der Waals surface area (Å²) >= 11 is 0. The average Bonchev–Trinajstić information content (AvgIpc) is 2.72. The van der Waals surface area contributed by atoms with Gasteiger partial charge in [0.05, 0.1) is 29.7 Å². The van der Waals surface area contributed by atoms with Crippen LogP contribution in [-0.2, 0) is 4.57 Å². The van der Waals surface area contributed by atoms with E-state index in [1.165, 1.54) is 6.20 Å². The summed E-state index contributed by atoms with van der Waals surface area (Å²) in [5.41, 5.74) is 9.20. The molecule has 1 aromatic carbocycles. The third kappa shape index (κ3) is 4.49. The zero-order chi connectivity index (χ0) is 21.9. The number of anilines is 3. The zero-order valence-electron chi connectivity index (χ0n) is 17.3. The van der Waals surface area contributed by atoms with E-state index in [0.717, 1.165) is 0 Å². The predicted octanol–water partition coefficient (Wildman–Crippen LogP) is 3.71. The molecular weight excluding hydrogens is 401 g/mol. The van der Waals surface area contributed by atoms with E-state index >= 15 is 0 Å². The van der Waals surface area contributed by atoms with Crippen LogP contribution >= 0.6 is 7.14 Å². The molecule has 9 heteroatoms. The van der Waals surface area contributed by atoms with Crippen molar-refractivity contribution in [2.45, 2.75) is 13.3 Å². The summed E-state index contributed by atoms with van der Waals surface area (Å²) in [6, 6.07) is 10.6. The van der Waals surface area contributed by atoms with Crippen molar-refractivity contribution in [1.82, 2.24) is 15.2 Å². The number of carbonyl (C=O) groups excluding carboxylic acids is 1. The van der Waals surface area contributed by atoms with Gasteiger partial charge in [0.1, 0.15) is 18.4 Å².